The van der Waals surface area contributed by atoms with Crippen LogP contribution >= 0.6 is 0 Å². The SMILES string of the molecule is C#CC(C)(C)[C@@H](N)C(=O)OCC. The maximum atomic E-state index is 11.1. The van der Waals surface area contributed by atoms with Crippen LogP contribution in [0.15, 0.2) is 0 Å². The predicted molar refractivity (Wildman–Crippen MR) is 47.2 cm³/mol. The fourth-order valence-electron chi connectivity index (χ4n) is 0.616. The van der Waals surface area contributed by atoms with Crippen molar-refractivity contribution in [3.8, 4) is 12.3 Å². The molecule has 0 aromatic heterocycles. The summed E-state index contributed by atoms with van der Waals surface area (Å²) < 4.78 is 4.73. The van der Waals surface area contributed by atoms with E-state index in [0.717, 1.165) is 0 Å². The van der Waals surface area contributed by atoms with E-state index in [9.17, 15) is 4.79 Å². The molecule has 0 aromatic carbocycles. The summed E-state index contributed by atoms with van der Waals surface area (Å²) in [5.41, 5.74) is 4.93. The molecule has 0 rings (SSSR count). The van der Waals surface area contributed by atoms with E-state index in [2.05, 4.69) is 5.92 Å². The van der Waals surface area contributed by atoms with Crippen LogP contribution in [0.25, 0.3) is 0 Å². The maximum absolute atomic E-state index is 11.1. The number of esters is 1. The first kappa shape index (κ1) is 11.0. The van der Waals surface area contributed by atoms with Gasteiger partial charge in [0, 0.05) is 0 Å². The zero-order chi connectivity index (χ0) is 9.78. The van der Waals surface area contributed by atoms with Gasteiger partial charge in [0.25, 0.3) is 0 Å². The minimum atomic E-state index is -0.748. The van der Waals surface area contributed by atoms with E-state index in [1.165, 1.54) is 0 Å². The molecule has 0 amide bonds. The standard InChI is InChI=1S/C9H15NO2/c1-5-9(3,4)7(10)8(11)12-6-2/h1,7H,6,10H2,2-4H3/t7-/m0/s1. The minimum absolute atomic E-state index is 0.327. The first-order chi connectivity index (χ1) is 5.45. The summed E-state index contributed by atoms with van der Waals surface area (Å²) in [5, 5.41) is 0. The molecule has 0 fully saturated rings. The number of hydrogen-bond acceptors (Lipinski definition) is 3. The van der Waals surface area contributed by atoms with Gasteiger partial charge in [0.05, 0.1) is 12.0 Å². The van der Waals surface area contributed by atoms with E-state index in [-0.39, 0.29) is 0 Å². The zero-order valence-electron chi connectivity index (χ0n) is 7.76. The van der Waals surface area contributed by atoms with Gasteiger partial charge in [0.15, 0.2) is 0 Å². The largest absolute Gasteiger partial charge is 0.465 e. The highest BCUT2D eigenvalue weighted by Crippen LogP contribution is 2.18. The van der Waals surface area contributed by atoms with Gasteiger partial charge in [-0.2, -0.15) is 0 Å². The van der Waals surface area contributed by atoms with Gasteiger partial charge >= 0.3 is 5.97 Å². The molecule has 0 radical (unpaired) electrons. The molecule has 0 aliphatic heterocycles. The van der Waals surface area contributed by atoms with Crippen LogP contribution in [0, 0.1) is 17.8 Å². The summed E-state index contributed by atoms with van der Waals surface area (Å²) in [6.45, 7) is 5.52. The first-order valence-corrected chi connectivity index (χ1v) is 3.85. The molecule has 1 atom stereocenters. The van der Waals surface area contributed by atoms with Crippen molar-refractivity contribution in [1.29, 1.82) is 0 Å². The van der Waals surface area contributed by atoms with Crippen LogP contribution in [0.1, 0.15) is 20.8 Å². The summed E-state index contributed by atoms with van der Waals surface area (Å²) in [5.74, 6) is 2.01. The van der Waals surface area contributed by atoms with Gasteiger partial charge in [-0.1, -0.05) is 5.92 Å². The van der Waals surface area contributed by atoms with Crippen molar-refractivity contribution in [1.82, 2.24) is 0 Å². The Kier molecular flexibility index (Phi) is 3.78. The Morgan fingerprint density at radius 2 is 2.25 bits per heavy atom. The van der Waals surface area contributed by atoms with Crippen LogP contribution in [-0.2, 0) is 9.53 Å². The molecular formula is C9H15NO2. The van der Waals surface area contributed by atoms with Gasteiger partial charge in [-0.15, -0.1) is 6.42 Å². The van der Waals surface area contributed by atoms with Crippen LogP contribution in [0.4, 0.5) is 0 Å². The van der Waals surface area contributed by atoms with Gasteiger partial charge in [-0.05, 0) is 20.8 Å². The monoisotopic (exact) mass is 169 g/mol. The van der Waals surface area contributed by atoms with E-state index in [1.54, 1.807) is 20.8 Å². The number of nitrogens with two attached hydrogens (primary N) is 1. The number of carbonyl (C=O) groups excluding carboxylic acids is 1. The molecule has 12 heavy (non-hydrogen) atoms. The lowest BCUT2D eigenvalue weighted by Gasteiger charge is -2.23. The van der Waals surface area contributed by atoms with Crippen molar-refractivity contribution in [3.05, 3.63) is 0 Å². The molecule has 0 aliphatic rings. The van der Waals surface area contributed by atoms with Gasteiger partial charge < -0.3 is 10.5 Å². The first-order valence-electron chi connectivity index (χ1n) is 3.85. The Morgan fingerprint density at radius 1 is 1.75 bits per heavy atom. The van der Waals surface area contributed by atoms with Gasteiger partial charge in [-0.25, -0.2) is 0 Å². The lowest BCUT2D eigenvalue weighted by atomic mass is 9.86. The Labute approximate surface area is 73.3 Å². The van der Waals surface area contributed by atoms with Crippen LogP contribution in [0.5, 0.6) is 0 Å². The van der Waals surface area contributed by atoms with E-state index >= 15 is 0 Å². The molecule has 0 heterocycles. The molecule has 2 N–H and O–H groups in total. The fraction of sp³-hybridized carbons (Fsp3) is 0.667. The van der Waals surface area contributed by atoms with Crippen LogP contribution in [0.2, 0.25) is 0 Å². The highest BCUT2D eigenvalue weighted by molar-refractivity contribution is 5.77. The Balaban J connectivity index is 4.30. The van der Waals surface area contributed by atoms with Crippen molar-refractivity contribution < 1.29 is 9.53 Å². The third-order valence-corrected chi connectivity index (χ3v) is 1.69. The molecule has 68 valence electrons. The minimum Gasteiger partial charge on any atom is -0.465 e. The second-order valence-electron chi connectivity index (χ2n) is 3.10. The predicted octanol–water partition coefficient (Wildman–Crippen LogP) is 0.536. The lowest BCUT2D eigenvalue weighted by Crippen LogP contribution is -2.44. The number of ether oxygens (including phenoxy) is 1. The molecule has 3 nitrogen and oxygen atoms in total. The third-order valence-electron chi connectivity index (χ3n) is 1.69. The molecule has 0 unspecified atom stereocenters. The summed E-state index contributed by atoms with van der Waals surface area (Å²) in [6, 6.07) is -0.748. The Bertz CT molecular complexity index is 203. The molecule has 0 bridgehead atoms. The van der Waals surface area contributed by atoms with Crippen LogP contribution in [0.3, 0.4) is 0 Å². The van der Waals surface area contributed by atoms with E-state index < -0.39 is 17.4 Å². The molecular weight excluding hydrogens is 154 g/mol. The van der Waals surface area contributed by atoms with Crippen molar-refractivity contribution in [2.45, 2.75) is 26.8 Å². The van der Waals surface area contributed by atoms with Gasteiger partial charge in [-0.3, -0.25) is 4.79 Å². The highest BCUT2D eigenvalue weighted by atomic mass is 16.5. The normalized spacial score (nSPS) is 13.2. The maximum Gasteiger partial charge on any atom is 0.324 e. The number of carbonyl (C=O) groups is 1. The molecule has 0 saturated heterocycles. The van der Waals surface area contributed by atoms with Crippen molar-refractivity contribution in [3.63, 3.8) is 0 Å². The van der Waals surface area contributed by atoms with Crippen molar-refractivity contribution in [2.24, 2.45) is 11.1 Å². The second-order valence-corrected chi connectivity index (χ2v) is 3.10. The highest BCUT2D eigenvalue weighted by Gasteiger charge is 2.31. The quantitative estimate of drug-likeness (QED) is 0.495. The van der Waals surface area contributed by atoms with Crippen molar-refractivity contribution >= 4 is 5.97 Å². The summed E-state index contributed by atoms with van der Waals surface area (Å²) >= 11 is 0. The van der Waals surface area contributed by atoms with Gasteiger partial charge in [0.2, 0.25) is 0 Å². The van der Waals surface area contributed by atoms with Crippen molar-refractivity contribution in [2.75, 3.05) is 6.61 Å². The van der Waals surface area contributed by atoms with E-state index in [4.69, 9.17) is 16.9 Å². The summed E-state index contributed by atoms with van der Waals surface area (Å²) in [7, 11) is 0. The average Bonchev–Trinajstić information content (AvgIpc) is 2.03. The molecule has 3 heteroatoms. The third kappa shape index (κ3) is 2.55. The van der Waals surface area contributed by atoms with E-state index in [1.807, 2.05) is 0 Å². The zero-order valence-corrected chi connectivity index (χ0v) is 7.76. The average molecular weight is 169 g/mol. The number of terminal acetylenes is 1. The number of rotatable bonds is 3. The molecule has 0 aliphatic carbocycles. The Hall–Kier alpha value is -1.01. The van der Waals surface area contributed by atoms with Crippen LogP contribution in [-0.4, -0.2) is 18.6 Å². The lowest BCUT2D eigenvalue weighted by molar-refractivity contribution is -0.146. The fourth-order valence-corrected chi connectivity index (χ4v) is 0.616. The van der Waals surface area contributed by atoms with E-state index in [0.29, 0.717) is 6.61 Å². The van der Waals surface area contributed by atoms with Gasteiger partial charge in [0.1, 0.15) is 6.04 Å². The molecule has 0 spiro atoms. The van der Waals surface area contributed by atoms with Crippen LogP contribution < -0.4 is 5.73 Å². The second kappa shape index (κ2) is 4.13. The molecule has 0 aromatic rings. The summed E-state index contributed by atoms with van der Waals surface area (Å²) in [4.78, 5) is 11.1. The number of hydrogen-bond donors (Lipinski definition) is 1. The summed E-state index contributed by atoms with van der Waals surface area (Å²) in [6.07, 6.45) is 5.20. The smallest absolute Gasteiger partial charge is 0.324 e. The Morgan fingerprint density at radius 3 is 2.58 bits per heavy atom. The topological polar surface area (TPSA) is 52.3 Å². The molecule has 0 saturated carbocycles.